The maximum atomic E-state index is 3.62. The third-order valence-corrected chi connectivity index (χ3v) is 7.63. The first-order valence-corrected chi connectivity index (χ1v) is 10.0. The minimum absolute atomic E-state index is 0.102. The first-order chi connectivity index (χ1) is 7.36. The SMILES string of the molecule is CCCCCCC[Si]1CCC(CBr)CC1. The number of unbranched alkanes of at least 4 members (excludes halogenated alkanes) is 4. The fraction of sp³-hybridized carbons (Fsp3) is 1.00. The van der Waals surface area contributed by atoms with Crippen LogP contribution >= 0.6 is 15.9 Å². The van der Waals surface area contributed by atoms with Gasteiger partial charge in [0.05, 0.1) is 0 Å². The predicted octanol–water partition coefficient (Wildman–Crippen LogP) is 5.26. The summed E-state index contributed by atoms with van der Waals surface area (Å²) in [7, 11) is 0.102. The monoisotopic (exact) mass is 289 g/mol. The number of halogens is 1. The highest BCUT2D eigenvalue weighted by atomic mass is 79.9. The fourth-order valence-corrected chi connectivity index (χ4v) is 6.25. The molecule has 0 N–H and O–H groups in total. The molecular weight excluding hydrogens is 264 g/mol. The van der Waals surface area contributed by atoms with Gasteiger partial charge in [-0.3, -0.25) is 0 Å². The van der Waals surface area contributed by atoms with Crippen LogP contribution in [0.2, 0.25) is 18.1 Å². The molecule has 1 aliphatic heterocycles. The second-order valence-corrected chi connectivity index (χ2v) is 8.66. The molecule has 0 unspecified atom stereocenters. The first kappa shape index (κ1) is 13.8. The number of hydrogen-bond acceptors (Lipinski definition) is 0. The lowest BCUT2D eigenvalue weighted by Gasteiger charge is -2.26. The van der Waals surface area contributed by atoms with Gasteiger partial charge in [0.25, 0.3) is 0 Å². The highest BCUT2D eigenvalue weighted by Gasteiger charge is 2.20. The molecule has 89 valence electrons. The van der Waals surface area contributed by atoms with Gasteiger partial charge in [-0.25, -0.2) is 0 Å². The molecule has 0 spiro atoms. The van der Waals surface area contributed by atoms with Gasteiger partial charge in [-0.15, -0.1) is 0 Å². The van der Waals surface area contributed by atoms with E-state index in [1.54, 1.807) is 18.1 Å². The van der Waals surface area contributed by atoms with E-state index in [4.69, 9.17) is 0 Å². The molecule has 1 heterocycles. The van der Waals surface area contributed by atoms with Crippen LogP contribution < -0.4 is 0 Å². The maximum Gasteiger partial charge on any atom is 0.0479 e. The van der Waals surface area contributed by atoms with Crippen LogP contribution in [0.15, 0.2) is 0 Å². The molecule has 0 aromatic rings. The summed E-state index contributed by atoms with van der Waals surface area (Å²) in [6, 6.07) is 4.83. The van der Waals surface area contributed by atoms with Crippen molar-refractivity contribution in [2.45, 2.75) is 70.0 Å². The summed E-state index contributed by atoms with van der Waals surface area (Å²) in [5.41, 5.74) is 0. The van der Waals surface area contributed by atoms with Crippen LogP contribution in [0.4, 0.5) is 0 Å². The number of rotatable bonds is 7. The zero-order chi connectivity index (χ0) is 10.9. The van der Waals surface area contributed by atoms with Crippen molar-refractivity contribution in [1.29, 1.82) is 0 Å². The molecule has 1 saturated heterocycles. The van der Waals surface area contributed by atoms with Crippen LogP contribution in [0.5, 0.6) is 0 Å². The van der Waals surface area contributed by atoms with Crippen LogP contribution in [-0.4, -0.2) is 14.1 Å². The van der Waals surface area contributed by atoms with E-state index >= 15 is 0 Å². The molecule has 0 nitrogen and oxygen atoms in total. The van der Waals surface area contributed by atoms with Crippen LogP contribution in [0.3, 0.4) is 0 Å². The second kappa shape index (κ2) is 8.80. The summed E-state index contributed by atoms with van der Waals surface area (Å²) in [6.45, 7) is 2.30. The van der Waals surface area contributed by atoms with E-state index in [9.17, 15) is 0 Å². The highest BCUT2D eigenvalue weighted by Crippen LogP contribution is 2.29. The van der Waals surface area contributed by atoms with Crippen LogP contribution in [0.1, 0.15) is 51.9 Å². The summed E-state index contributed by atoms with van der Waals surface area (Å²) in [4.78, 5) is 0. The molecular formula is C13H26BrSi. The van der Waals surface area contributed by atoms with Gasteiger partial charge in [0.2, 0.25) is 0 Å². The summed E-state index contributed by atoms with van der Waals surface area (Å²) in [5.74, 6) is 1.01. The average Bonchev–Trinajstić information content (AvgIpc) is 2.30. The predicted molar refractivity (Wildman–Crippen MR) is 75.5 cm³/mol. The molecule has 1 radical (unpaired) electrons. The van der Waals surface area contributed by atoms with Crippen molar-refractivity contribution >= 4 is 24.7 Å². The third kappa shape index (κ3) is 6.11. The van der Waals surface area contributed by atoms with E-state index in [1.165, 1.54) is 50.3 Å². The van der Waals surface area contributed by atoms with E-state index in [2.05, 4.69) is 22.9 Å². The van der Waals surface area contributed by atoms with Crippen LogP contribution in [-0.2, 0) is 0 Å². The van der Waals surface area contributed by atoms with Gasteiger partial charge >= 0.3 is 0 Å². The summed E-state index contributed by atoms with van der Waals surface area (Å²) >= 11 is 3.62. The first-order valence-electron chi connectivity index (χ1n) is 6.76. The van der Waals surface area contributed by atoms with Gasteiger partial charge in [-0.2, -0.15) is 0 Å². The molecule has 0 atom stereocenters. The van der Waals surface area contributed by atoms with Crippen molar-refractivity contribution in [2.75, 3.05) is 5.33 Å². The average molecular weight is 290 g/mol. The zero-order valence-corrected chi connectivity index (χ0v) is 12.8. The van der Waals surface area contributed by atoms with E-state index in [1.807, 2.05) is 0 Å². The van der Waals surface area contributed by atoms with Gasteiger partial charge in [0.1, 0.15) is 0 Å². The Morgan fingerprint density at radius 1 is 1.07 bits per heavy atom. The Labute approximate surface area is 106 Å². The van der Waals surface area contributed by atoms with Gasteiger partial charge in [0, 0.05) is 14.1 Å². The minimum Gasteiger partial charge on any atom is -0.0925 e. The lowest BCUT2D eigenvalue weighted by Crippen LogP contribution is -2.21. The lowest BCUT2D eigenvalue weighted by atomic mass is 10.1. The molecule has 0 bridgehead atoms. The molecule has 0 saturated carbocycles. The second-order valence-electron chi connectivity index (χ2n) is 5.01. The van der Waals surface area contributed by atoms with Gasteiger partial charge in [0.15, 0.2) is 0 Å². The Hall–Kier alpha value is 0.697. The molecule has 1 fully saturated rings. The van der Waals surface area contributed by atoms with Crippen LogP contribution in [0, 0.1) is 5.92 Å². The van der Waals surface area contributed by atoms with E-state index in [0.717, 1.165) is 5.92 Å². The Kier molecular flexibility index (Phi) is 8.08. The van der Waals surface area contributed by atoms with Crippen molar-refractivity contribution < 1.29 is 0 Å². The Morgan fingerprint density at radius 3 is 2.33 bits per heavy atom. The molecule has 1 rings (SSSR count). The Bertz CT molecular complexity index is 141. The molecule has 15 heavy (non-hydrogen) atoms. The van der Waals surface area contributed by atoms with Crippen molar-refractivity contribution in [1.82, 2.24) is 0 Å². The molecule has 0 amide bonds. The largest absolute Gasteiger partial charge is 0.0925 e. The Balaban J connectivity index is 1.94. The topological polar surface area (TPSA) is 0 Å². The van der Waals surface area contributed by atoms with E-state index in [0.29, 0.717) is 0 Å². The van der Waals surface area contributed by atoms with Gasteiger partial charge < -0.3 is 0 Å². The summed E-state index contributed by atoms with van der Waals surface area (Å²) in [5, 5.41) is 1.25. The normalized spacial score (nSPS) is 19.6. The van der Waals surface area contributed by atoms with Crippen LogP contribution in [0.25, 0.3) is 0 Å². The molecule has 0 aromatic carbocycles. The molecule has 1 aliphatic rings. The Morgan fingerprint density at radius 2 is 1.73 bits per heavy atom. The van der Waals surface area contributed by atoms with Crippen molar-refractivity contribution in [3.63, 3.8) is 0 Å². The van der Waals surface area contributed by atoms with Crippen molar-refractivity contribution in [3.05, 3.63) is 0 Å². The van der Waals surface area contributed by atoms with Gasteiger partial charge in [-0.1, -0.05) is 85.9 Å². The maximum absolute atomic E-state index is 3.62. The third-order valence-electron chi connectivity index (χ3n) is 3.66. The summed E-state index contributed by atoms with van der Waals surface area (Å²) < 4.78 is 0. The molecule has 2 heteroatoms. The highest BCUT2D eigenvalue weighted by molar-refractivity contribution is 9.09. The quantitative estimate of drug-likeness (QED) is 0.341. The summed E-state index contributed by atoms with van der Waals surface area (Å²) in [6.07, 6.45) is 10.4. The van der Waals surface area contributed by atoms with Gasteiger partial charge in [-0.05, 0) is 5.92 Å². The number of alkyl halides is 1. The smallest absolute Gasteiger partial charge is 0.0479 e. The van der Waals surface area contributed by atoms with E-state index < -0.39 is 0 Å². The zero-order valence-electron chi connectivity index (χ0n) is 10.2. The van der Waals surface area contributed by atoms with E-state index in [-0.39, 0.29) is 8.80 Å². The lowest BCUT2D eigenvalue weighted by molar-refractivity contribution is 0.526. The minimum atomic E-state index is 0.102. The molecule has 0 aliphatic carbocycles. The fourth-order valence-electron chi connectivity index (χ4n) is 2.47. The number of hydrogen-bond donors (Lipinski definition) is 0. The molecule has 0 aromatic heterocycles. The van der Waals surface area contributed by atoms with Crippen molar-refractivity contribution in [2.24, 2.45) is 5.92 Å². The standard InChI is InChI=1S/C13H26BrSi/c1-2-3-4-5-6-9-15-10-7-13(12-14)8-11-15/h13H,2-12H2,1H3. The van der Waals surface area contributed by atoms with Crippen molar-refractivity contribution in [3.8, 4) is 0 Å².